The molecule has 0 saturated heterocycles. The molecular weight excluding hydrogens is 399 g/mol. The van der Waals surface area contributed by atoms with Gasteiger partial charge in [0.15, 0.2) is 0 Å². The molecule has 0 spiro atoms. The second-order valence-electron chi connectivity index (χ2n) is 4.17. The van der Waals surface area contributed by atoms with Crippen LogP contribution in [0.25, 0.3) is 0 Å². The third-order valence-corrected chi connectivity index (χ3v) is 3.65. The first-order chi connectivity index (χ1) is 9.36. The van der Waals surface area contributed by atoms with Gasteiger partial charge < -0.3 is 5.32 Å². The Morgan fingerprint density at radius 2 is 1.65 bits per heavy atom. The number of hydrogen-bond donors (Lipinski definition) is 1. The largest absolute Gasteiger partial charge is 0.418 e. The van der Waals surface area contributed by atoms with Gasteiger partial charge in [0.05, 0.1) is 5.56 Å². The van der Waals surface area contributed by atoms with Gasteiger partial charge in [-0.1, -0.05) is 44.0 Å². The molecule has 1 N–H and O–H groups in total. The van der Waals surface area contributed by atoms with Gasteiger partial charge in [-0.05, 0) is 35.9 Å². The smallest absolute Gasteiger partial charge is 0.380 e. The van der Waals surface area contributed by atoms with Crippen molar-refractivity contribution in [2.24, 2.45) is 0 Å². The molecule has 0 aliphatic carbocycles. The highest BCUT2D eigenvalue weighted by atomic mass is 79.9. The monoisotopic (exact) mass is 407 g/mol. The van der Waals surface area contributed by atoms with Crippen molar-refractivity contribution in [1.82, 2.24) is 0 Å². The third-order valence-electron chi connectivity index (χ3n) is 2.66. The normalized spacial score (nSPS) is 11.4. The molecule has 0 atom stereocenters. The van der Waals surface area contributed by atoms with E-state index in [2.05, 4.69) is 37.2 Å². The topological polar surface area (TPSA) is 12.0 Å². The lowest BCUT2D eigenvalue weighted by molar-refractivity contribution is -0.137. The van der Waals surface area contributed by atoms with E-state index in [-0.39, 0.29) is 5.69 Å². The molecule has 0 aliphatic heterocycles. The van der Waals surface area contributed by atoms with Gasteiger partial charge in [-0.2, -0.15) is 13.2 Å². The summed E-state index contributed by atoms with van der Waals surface area (Å²) in [6.07, 6.45) is -4.39. The Morgan fingerprint density at radius 3 is 2.30 bits per heavy atom. The highest BCUT2D eigenvalue weighted by Gasteiger charge is 2.33. The number of hydrogen-bond acceptors (Lipinski definition) is 1. The predicted molar refractivity (Wildman–Crippen MR) is 80.6 cm³/mol. The Kier molecular flexibility index (Phi) is 4.75. The third kappa shape index (κ3) is 3.99. The minimum Gasteiger partial charge on any atom is -0.380 e. The first-order valence-electron chi connectivity index (χ1n) is 5.71. The van der Waals surface area contributed by atoms with Crippen molar-refractivity contribution >= 4 is 37.5 Å². The lowest BCUT2D eigenvalue weighted by Gasteiger charge is -2.15. The SMILES string of the molecule is FC(F)(F)c1cc(Br)ccc1NCc1cccc(Br)c1. The minimum absolute atomic E-state index is 0.0701. The van der Waals surface area contributed by atoms with Crippen LogP contribution in [0, 0.1) is 0 Å². The van der Waals surface area contributed by atoms with Gasteiger partial charge in [0, 0.05) is 21.2 Å². The van der Waals surface area contributed by atoms with Crippen LogP contribution in [0.1, 0.15) is 11.1 Å². The summed E-state index contributed by atoms with van der Waals surface area (Å²) in [7, 11) is 0. The van der Waals surface area contributed by atoms with E-state index >= 15 is 0 Å². The molecule has 0 bridgehead atoms. The molecule has 0 heterocycles. The summed E-state index contributed by atoms with van der Waals surface area (Å²) in [5, 5.41) is 2.83. The van der Waals surface area contributed by atoms with Crippen LogP contribution in [0.2, 0.25) is 0 Å². The zero-order valence-electron chi connectivity index (χ0n) is 10.1. The van der Waals surface area contributed by atoms with Crippen molar-refractivity contribution in [1.29, 1.82) is 0 Å². The number of nitrogens with one attached hydrogen (secondary N) is 1. The second-order valence-corrected chi connectivity index (χ2v) is 6.00. The molecule has 2 aromatic carbocycles. The fourth-order valence-electron chi connectivity index (χ4n) is 1.75. The van der Waals surface area contributed by atoms with Gasteiger partial charge in [0.25, 0.3) is 0 Å². The number of anilines is 1. The maximum absolute atomic E-state index is 12.9. The number of alkyl halides is 3. The maximum atomic E-state index is 12.9. The Balaban J connectivity index is 2.21. The Hall–Kier alpha value is -1.01. The van der Waals surface area contributed by atoms with Crippen LogP contribution in [0.15, 0.2) is 51.4 Å². The summed E-state index contributed by atoms with van der Waals surface area (Å²) in [6.45, 7) is 0.324. The van der Waals surface area contributed by atoms with Crippen LogP contribution >= 0.6 is 31.9 Å². The lowest BCUT2D eigenvalue weighted by atomic mass is 10.1. The van der Waals surface area contributed by atoms with E-state index in [1.165, 1.54) is 6.07 Å². The zero-order valence-corrected chi connectivity index (χ0v) is 13.3. The van der Waals surface area contributed by atoms with E-state index in [1.807, 2.05) is 24.3 Å². The van der Waals surface area contributed by atoms with Gasteiger partial charge in [-0.15, -0.1) is 0 Å². The summed E-state index contributed by atoms with van der Waals surface area (Å²) < 4.78 is 40.1. The molecule has 0 unspecified atom stereocenters. The van der Waals surface area contributed by atoms with Crippen molar-refractivity contribution in [3.63, 3.8) is 0 Å². The van der Waals surface area contributed by atoms with E-state index in [0.717, 1.165) is 16.1 Å². The average Bonchev–Trinajstić information content (AvgIpc) is 2.36. The van der Waals surface area contributed by atoms with Gasteiger partial charge in [0.1, 0.15) is 0 Å². The average molecular weight is 409 g/mol. The van der Waals surface area contributed by atoms with Crippen molar-refractivity contribution in [3.8, 4) is 0 Å². The summed E-state index contributed by atoms with van der Waals surface area (Å²) in [5.74, 6) is 0. The van der Waals surface area contributed by atoms with Crippen LogP contribution < -0.4 is 5.32 Å². The molecular formula is C14H10Br2F3N. The van der Waals surface area contributed by atoms with Crippen molar-refractivity contribution in [2.75, 3.05) is 5.32 Å². The van der Waals surface area contributed by atoms with Crippen LogP contribution in [-0.2, 0) is 12.7 Å². The van der Waals surface area contributed by atoms with Gasteiger partial charge in [-0.25, -0.2) is 0 Å². The second kappa shape index (κ2) is 6.18. The molecule has 6 heteroatoms. The summed E-state index contributed by atoms with van der Waals surface area (Å²) in [5.41, 5.74) is 0.290. The summed E-state index contributed by atoms with van der Waals surface area (Å²) >= 11 is 6.39. The molecule has 0 amide bonds. The van der Waals surface area contributed by atoms with Crippen LogP contribution in [0.5, 0.6) is 0 Å². The van der Waals surface area contributed by atoms with Crippen LogP contribution in [0.3, 0.4) is 0 Å². The zero-order chi connectivity index (χ0) is 14.8. The van der Waals surface area contributed by atoms with E-state index in [0.29, 0.717) is 11.0 Å². The van der Waals surface area contributed by atoms with Crippen LogP contribution in [-0.4, -0.2) is 0 Å². The van der Waals surface area contributed by atoms with Crippen molar-refractivity contribution in [3.05, 3.63) is 62.5 Å². The van der Waals surface area contributed by atoms with Crippen molar-refractivity contribution < 1.29 is 13.2 Å². The highest BCUT2D eigenvalue weighted by molar-refractivity contribution is 9.10. The molecule has 0 aromatic heterocycles. The van der Waals surface area contributed by atoms with E-state index in [9.17, 15) is 13.2 Å². The molecule has 0 saturated carbocycles. The van der Waals surface area contributed by atoms with E-state index in [4.69, 9.17) is 0 Å². The first kappa shape index (κ1) is 15.4. The Labute approximate surface area is 131 Å². The van der Waals surface area contributed by atoms with E-state index in [1.54, 1.807) is 6.07 Å². The number of halogens is 5. The Bertz CT molecular complexity index is 612. The van der Waals surface area contributed by atoms with Crippen LogP contribution in [0.4, 0.5) is 18.9 Å². The molecule has 0 fully saturated rings. The highest BCUT2D eigenvalue weighted by Crippen LogP contribution is 2.36. The predicted octanol–water partition coefficient (Wildman–Crippen LogP) is 5.84. The van der Waals surface area contributed by atoms with Crippen molar-refractivity contribution in [2.45, 2.75) is 12.7 Å². The van der Waals surface area contributed by atoms with Gasteiger partial charge >= 0.3 is 6.18 Å². The van der Waals surface area contributed by atoms with E-state index < -0.39 is 11.7 Å². The summed E-state index contributed by atoms with van der Waals surface area (Å²) in [6, 6.07) is 11.5. The maximum Gasteiger partial charge on any atom is 0.418 e. The standard InChI is InChI=1S/C14H10Br2F3N/c15-10-3-1-2-9(6-10)8-20-13-5-4-11(16)7-12(13)14(17,18)19/h1-7,20H,8H2. The number of rotatable bonds is 3. The first-order valence-corrected chi connectivity index (χ1v) is 7.30. The molecule has 20 heavy (non-hydrogen) atoms. The molecule has 2 rings (SSSR count). The fraction of sp³-hybridized carbons (Fsp3) is 0.143. The molecule has 106 valence electrons. The Morgan fingerprint density at radius 1 is 0.950 bits per heavy atom. The van der Waals surface area contributed by atoms with Gasteiger partial charge in [-0.3, -0.25) is 0 Å². The quantitative estimate of drug-likeness (QED) is 0.672. The lowest BCUT2D eigenvalue weighted by Crippen LogP contribution is -2.10. The molecule has 0 radical (unpaired) electrons. The molecule has 1 nitrogen and oxygen atoms in total. The molecule has 2 aromatic rings. The number of benzene rings is 2. The molecule has 0 aliphatic rings. The minimum atomic E-state index is -4.39. The summed E-state index contributed by atoms with van der Waals surface area (Å²) in [4.78, 5) is 0. The van der Waals surface area contributed by atoms with Gasteiger partial charge in [0.2, 0.25) is 0 Å². The fourth-order valence-corrected chi connectivity index (χ4v) is 2.56.